The van der Waals surface area contributed by atoms with Gasteiger partial charge < -0.3 is 15.1 Å². The van der Waals surface area contributed by atoms with E-state index in [0.717, 1.165) is 5.69 Å². The number of nitrogens with zero attached hydrogens (tertiary/aromatic N) is 1. The fraction of sp³-hybridized carbons (Fsp3) is 0.417. The van der Waals surface area contributed by atoms with Gasteiger partial charge in [0.1, 0.15) is 0 Å². The van der Waals surface area contributed by atoms with Gasteiger partial charge in [0.15, 0.2) is 0 Å². The van der Waals surface area contributed by atoms with Crippen LogP contribution in [0.3, 0.4) is 0 Å². The summed E-state index contributed by atoms with van der Waals surface area (Å²) in [7, 11) is 0. The monoisotopic (exact) mass is 299 g/mol. The zero-order valence-electron chi connectivity index (χ0n) is 9.27. The molecule has 1 fully saturated rings. The topological polar surface area (TPSA) is 60.8 Å². The molecule has 0 spiro atoms. The molecule has 1 aromatic carbocycles. The van der Waals surface area contributed by atoms with Crippen molar-refractivity contribution < 1.29 is 15.0 Å². The predicted molar refractivity (Wildman–Crippen MR) is 68.0 cm³/mol. The van der Waals surface area contributed by atoms with Crippen molar-refractivity contribution in [3.8, 4) is 0 Å². The highest BCUT2D eigenvalue weighted by Gasteiger charge is 2.29. The van der Waals surface area contributed by atoms with E-state index in [4.69, 9.17) is 10.2 Å². The Labute approximate surface area is 108 Å². The summed E-state index contributed by atoms with van der Waals surface area (Å²) in [6.07, 6.45) is 0.484. The summed E-state index contributed by atoms with van der Waals surface area (Å²) in [6.45, 7) is 0.430. The van der Waals surface area contributed by atoms with E-state index in [1.165, 1.54) is 0 Å². The molecule has 0 radical (unpaired) electrons. The third-order valence-electron chi connectivity index (χ3n) is 2.79. The Hall–Kier alpha value is -0.910. The molecule has 1 aromatic rings. The Morgan fingerprint density at radius 1 is 1.24 bits per heavy atom. The van der Waals surface area contributed by atoms with Crippen LogP contribution in [0.5, 0.6) is 0 Å². The van der Waals surface area contributed by atoms with Crippen LogP contribution in [0.1, 0.15) is 17.5 Å². The van der Waals surface area contributed by atoms with E-state index in [0.29, 0.717) is 24.1 Å². The van der Waals surface area contributed by atoms with Crippen LogP contribution in [0.25, 0.3) is 0 Å². The summed E-state index contributed by atoms with van der Waals surface area (Å²) in [4.78, 5) is 13.6. The predicted octanol–water partition coefficient (Wildman–Crippen LogP) is 1.17. The van der Waals surface area contributed by atoms with Crippen LogP contribution in [0.15, 0.2) is 18.2 Å². The van der Waals surface area contributed by atoms with Crippen LogP contribution in [0.4, 0.5) is 5.69 Å². The van der Waals surface area contributed by atoms with Crippen molar-refractivity contribution in [1.82, 2.24) is 0 Å². The molecule has 1 aliphatic heterocycles. The van der Waals surface area contributed by atoms with E-state index in [9.17, 15) is 4.79 Å². The van der Waals surface area contributed by atoms with E-state index < -0.39 is 0 Å². The summed E-state index contributed by atoms with van der Waals surface area (Å²) in [5.74, 6) is 0.0610. The lowest BCUT2D eigenvalue weighted by Crippen LogP contribution is -2.24. The normalized spacial score (nSPS) is 20.1. The van der Waals surface area contributed by atoms with Crippen molar-refractivity contribution in [3.63, 3.8) is 0 Å². The second-order valence-electron chi connectivity index (χ2n) is 4.13. The van der Waals surface area contributed by atoms with Crippen molar-refractivity contribution in [2.75, 3.05) is 11.4 Å². The smallest absolute Gasteiger partial charge is 0.228 e. The van der Waals surface area contributed by atoms with Gasteiger partial charge in [-0.2, -0.15) is 0 Å². The Kier molecular flexibility index (Phi) is 3.81. The van der Waals surface area contributed by atoms with Crippen LogP contribution >= 0.6 is 15.9 Å². The largest absolute Gasteiger partial charge is 0.392 e. The first kappa shape index (κ1) is 12.5. The number of amides is 1. The minimum absolute atomic E-state index is 0.0610. The van der Waals surface area contributed by atoms with Crippen molar-refractivity contribution >= 4 is 27.5 Å². The molecule has 2 rings (SSSR count). The quantitative estimate of drug-likeness (QED) is 0.824. The van der Waals surface area contributed by atoms with Gasteiger partial charge in [0, 0.05) is 23.5 Å². The van der Waals surface area contributed by atoms with Crippen LogP contribution in [0.2, 0.25) is 0 Å². The van der Waals surface area contributed by atoms with Gasteiger partial charge in [-0.05, 0) is 23.3 Å². The molecule has 1 amide bonds. The van der Waals surface area contributed by atoms with Crippen LogP contribution in [-0.2, 0) is 18.0 Å². The number of carbonyl (C=O) groups is 1. The number of halogens is 1. The molecule has 0 aromatic heterocycles. The number of aliphatic hydroxyl groups excluding tert-OH is 2. The van der Waals surface area contributed by atoms with Crippen molar-refractivity contribution in [2.45, 2.75) is 24.5 Å². The van der Waals surface area contributed by atoms with Crippen LogP contribution in [0, 0.1) is 0 Å². The zero-order chi connectivity index (χ0) is 12.4. The summed E-state index contributed by atoms with van der Waals surface area (Å²) in [6, 6.07) is 5.29. The molecule has 0 aliphatic carbocycles. The van der Waals surface area contributed by atoms with E-state index in [1.807, 2.05) is 0 Å². The highest BCUT2D eigenvalue weighted by atomic mass is 79.9. The van der Waals surface area contributed by atoms with Crippen molar-refractivity contribution in [2.24, 2.45) is 0 Å². The van der Waals surface area contributed by atoms with Crippen LogP contribution < -0.4 is 4.90 Å². The molecular weight excluding hydrogens is 286 g/mol. The first-order valence-electron chi connectivity index (χ1n) is 5.43. The first-order valence-corrected chi connectivity index (χ1v) is 6.34. The third kappa shape index (κ3) is 2.68. The fourth-order valence-electron chi connectivity index (χ4n) is 1.99. The average molecular weight is 300 g/mol. The van der Waals surface area contributed by atoms with Gasteiger partial charge in [0.25, 0.3) is 0 Å². The summed E-state index contributed by atoms with van der Waals surface area (Å²) < 4.78 is 0. The molecule has 0 saturated carbocycles. The molecule has 4 nitrogen and oxygen atoms in total. The molecule has 2 N–H and O–H groups in total. The summed E-state index contributed by atoms with van der Waals surface area (Å²) >= 11 is 3.43. The lowest BCUT2D eigenvalue weighted by Gasteiger charge is -2.18. The molecule has 5 heteroatoms. The summed E-state index contributed by atoms with van der Waals surface area (Å²) in [5, 5.41) is 18.3. The highest BCUT2D eigenvalue weighted by molar-refractivity contribution is 9.09. The van der Waals surface area contributed by atoms with Crippen molar-refractivity contribution in [3.05, 3.63) is 29.3 Å². The molecule has 0 bridgehead atoms. The zero-order valence-corrected chi connectivity index (χ0v) is 10.9. The molecule has 1 saturated heterocycles. The molecule has 92 valence electrons. The van der Waals surface area contributed by atoms with Gasteiger partial charge in [-0.3, -0.25) is 4.79 Å². The molecule has 17 heavy (non-hydrogen) atoms. The second kappa shape index (κ2) is 5.16. The van der Waals surface area contributed by atoms with Gasteiger partial charge in [0.05, 0.1) is 13.2 Å². The maximum absolute atomic E-state index is 11.8. The summed E-state index contributed by atoms with van der Waals surface area (Å²) in [5.41, 5.74) is 2.15. The Balaban J connectivity index is 2.34. The fourth-order valence-corrected chi connectivity index (χ4v) is 2.56. The average Bonchev–Trinajstić information content (AvgIpc) is 2.67. The van der Waals surface area contributed by atoms with E-state index in [2.05, 4.69) is 15.9 Å². The molecule has 1 unspecified atom stereocenters. The molecular formula is C12H14BrNO3. The standard InChI is InChI=1S/C12H14BrNO3/c13-10-4-12(17)14(5-10)11-2-8(6-15)1-9(3-11)7-16/h1-3,10,15-16H,4-7H2. The van der Waals surface area contributed by atoms with Crippen LogP contribution in [-0.4, -0.2) is 27.5 Å². The second-order valence-corrected chi connectivity index (χ2v) is 5.42. The number of rotatable bonds is 3. The number of anilines is 1. The van der Waals surface area contributed by atoms with E-state index in [-0.39, 0.29) is 23.9 Å². The van der Waals surface area contributed by atoms with Gasteiger partial charge in [-0.1, -0.05) is 22.0 Å². The number of hydrogen-bond donors (Lipinski definition) is 2. The van der Waals surface area contributed by atoms with E-state index >= 15 is 0 Å². The number of carbonyl (C=O) groups excluding carboxylic acids is 1. The maximum atomic E-state index is 11.8. The SMILES string of the molecule is O=C1CC(Br)CN1c1cc(CO)cc(CO)c1. The van der Waals surface area contributed by atoms with Gasteiger partial charge in [0.2, 0.25) is 5.91 Å². The highest BCUT2D eigenvalue weighted by Crippen LogP contribution is 2.27. The molecule has 1 atom stereocenters. The minimum atomic E-state index is -0.0966. The third-order valence-corrected chi connectivity index (χ3v) is 3.41. The molecule has 1 aliphatic rings. The lowest BCUT2D eigenvalue weighted by molar-refractivity contribution is -0.117. The van der Waals surface area contributed by atoms with Crippen molar-refractivity contribution in [1.29, 1.82) is 0 Å². The number of aliphatic hydroxyl groups is 2. The Bertz CT molecular complexity index is 414. The van der Waals surface area contributed by atoms with Gasteiger partial charge in [-0.25, -0.2) is 0 Å². The first-order chi connectivity index (χ1) is 8.13. The van der Waals surface area contributed by atoms with Gasteiger partial charge in [-0.15, -0.1) is 0 Å². The lowest BCUT2D eigenvalue weighted by atomic mass is 10.1. The maximum Gasteiger partial charge on any atom is 0.228 e. The Morgan fingerprint density at radius 2 is 1.82 bits per heavy atom. The molecule has 1 heterocycles. The van der Waals surface area contributed by atoms with Gasteiger partial charge >= 0.3 is 0 Å². The number of alkyl halides is 1. The minimum Gasteiger partial charge on any atom is -0.392 e. The van der Waals surface area contributed by atoms with E-state index in [1.54, 1.807) is 23.1 Å². The number of hydrogen-bond acceptors (Lipinski definition) is 3. The Morgan fingerprint density at radius 3 is 2.24 bits per heavy atom. The number of benzene rings is 1.